The van der Waals surface area contributed by atoms with Crippen molar-refractivity contribution in [3.63, 3.8) is 0 Å². The largest absolute Gasteiger partial charge is 0.155 e. The zero-order valence-corrected chi connectivity index (χ0v) is 20.2. The molecule has 0 N–H and O–H groups in total. The summed E-state index contributed by atoms with van der Waals surface area (Å²) in [5, 5.41) is 1.95. The number of hydrogen-bond acceptors (Lipinski definition) is 1. The van der Waals surface area contributed by atoms with E-state index in [1.165, 1.54) is 64.2 Å². The highest BCUT2D eigenvalue weighted by atomic mass is 32.2. The molecular formula is C27H48S. The molecule has 4 aliphatic rings. The monoisotopic (exact) mass is 404 g/mol. The van der Waals surface area contributed by atoms with Gasteiger partial charge in [-0.1, -0.05) is 59.8 Å². The van der Waals surface area contributed by atoms with E-state index in [4.69, 9.17) is 0 Å². The standard InChI is InChI=1S/C27H48S/c1-5-9-25-20-11-7-14-24-23(26(24)27(3,4)17-8-12-20)13-6-10-19(2)21-15-16-22(18-21)28-25/h19-26H,5-18H2,1-4H3. The van der Waals surface area contributed by atoms with E-state index in [1.807, 2.05) is 0 Å². The minimum atomic E-state index is 0.604. The molecule has 162 valence electrons. The van der Waals surface area contributed by atoms with Gasteiger partial charge in [-0.2, -0.15) is 11.8 Å². The van der Waals surface area contributed by atoms with Crippen LogP contribution in [0, 0.1) is 40.9 Å². The Bertz CT molecular complexity index is 496. The normalized spacial score (nSPS) is 46.7. The lowest BCUT2D eigenvalue weighted by Gasteiger charge is -2.32. The van der Waals surface area contributed by atoms with Crippen LogP contribution in [-0.4, -0.2) is 10.5 Å². The fourth-order valence-electron chi connectivity index (χ4n) is 7.98. The van der Waals surface area contributed by atoms with Crippen LogP contribution < -0.4 is 0 Å². The summed E-state index contributed by atoms with van der Waals surface area (Å²) in [5.41, 5.74) is 0.604. The lowest BCUT2D eigenvalue weighted by Crippen LogP contribution is -2.23. The highest BCUT2D eigenvalue weighted by molar-refractivity contribution is 8.00. The number of rotatable bonds is 2. The van der Waals surface area contributed by atoms with Gasteiger partial charge in [-0.3, -0.25) is 0 Å². The predicted molar refractivity (Wildman–Crippen MR) is 126 cm³/mol. The number of fused-ring (bicyclic) bond motifs is 6. The molecule has 0 aromatic rings. The Hall–Kier alpha value is 0.350. The first-order chi connectivity index (χ1) is 13.5. The highest BCUT2D eigenvalue weighted by Crippen LogP contribution is 2.62. The molecule has 1 heterocycles. The minimum absolute atomic E-state index is 0.604. The van der Waals surface area contributed by atoms with E-state index in [-0.39, 0.29) is 0 Å². The van der Waals surface area contributed by atoms with Crippen molar-refractivity contribution in [2.24, 2.45) is 40.9 Å². The Kier molecular flexibility index (Phi) is 7.12. The summed E-state index contributed by atoms with van der Waals surface area (Å²) in [6.07, 6.45) is 21.2. The van der Waals surface area contributed by atoms with Crippen LogP contribution in [0.2, 0.25) is 0 Å². The lowest BCUT2D eigenvalue weighted by molar-refractivity contribution is 0.225. The minimum Gasteiger partial charge on any atom is -0.155 e. The molecule has 3 aliphatic carbocycles. The molecule has 8 unspecified atom stereocenters. The molecular weight excluding hydrogens is 356 g/mol. The molecule has 3 saturated carbocycles. The van der Waals surface area contributed by atoms with Crippen LogP contribution in [0.15, 0.2) is 0 Å². The Morgan fingerprint density at radius 1 is 0.821 bits per heavy atom. The first-order valence-corrected chi connectivity index (χ1v) is 14.1. The zero-order valence-electron chi connectivity index (χ0n) is 19.4. The quantitative estimate of drug-likeness (QED) is 0.443. The van der Waals surface area contributed by atoms with E-state index in [2.05, 4.69) is 39.5 Å². The summed E-state index contributed by atoms with van der Waals surface area (Å²) in [6, 6.07) is 0. The highest BCUT2D eigenvalue weighted by Gasteiger charge is 2.55. The third-order valence-electron chi connectivity index (χ3n) is 9.64. The van der Waals surface area contributed by atoms with Crippen molar-refractivity contribution < 1.29 is 0 Å². The summed E-state index contributed by atoms with van der Waals surface area (Å²) >= 11 is 2.47. The molecule has 0 aromatic carbocycles. The Morgan fingerprint density at radius 2 is 1.54 bits per heavy atom. The molecule has 0 radical (unpaired) electrons. The Balaban J connectivity index is 1.54. The van der Waals surface area contributed by atoms with Crippen LogP contribution in [0.25, 0.3) is 0 Å². The van der Waals surface area contributed by atoms with Gasteiger partial charge in [-0.25, -0.2) is 0 Å². The second kappa shape index (κ2) is 9.23. The van der Waals surface area contributed by atoms with E-state index in [0.29, 0.717) is 5.41 Å². The number of hydrogen-bond donors (Lipinski definition) is 0. The first-order valence-electron chi connectivity index (χ1n) is 13.1. The van der Waals surface area contributed by atoms with E-state index in [9.17, 15) is 0 Å². The van der Waals surface area contributed by atoms with Crippen LogP contribution in [0.1, 0.15) is 118 Å². The van der Waals surface area contributed by atoms with Gasteiger partial charge >= 0.3 is 0 Å². The lowest BCUT2D eigenvalue weighted by atomic mass is 9.77. The fraction of sp³-hybridized carbons (Fsp3) is 1.00. The SMILES string of the molecule is CCCC1SC2CCC(C2)C(C)CCCC2C3CCCC1CCCC(C)(C)C23. The second-order valence-electron chi connectivity index (χ2n) is 12.0. The summed E-state index contributed by atoms with van der Waals surface area (Å²) in [4.78, 5) is 0. The van der Waals surface area contributed by atoms with Crippen molar-refractivity contribution in [1.29, 1.82) is 0 Å². The smallest absolute Gasteiger partial charge is 0.00780 e. The van der Waals surface area contributed by atoms with Gasteiger partial charge in [0.1, 0.15) is 0 Å². The predicted octanol–water partition coefficient (Wildman–Crippen LogP) is 8.74. The molecule has 0 amide bonds. The third kappa shape index (κ3) is 4.81. The van der Waals surface area contributed by atoms with Gasteiger partial charge in [0, 0.05) is 10.5 Å². The van der Waals surface area contributed by atoms with Crippen molar-refractivity contribution in [2.45, 2.75) is 128 Å². The summed E-state index contributed by atoms with van der Waals surface area (Å²) < 4.78 is 0. The van der Waals surface area contributed by atoms with Gasteiger partial charge in [-0.05, 0) is 98.7 Å². The maximum absolute atomic E-state index is 2.63. The van der Waals surface area contributed by atoms with Crippen molar-refractivity contribution in [3.8, 4) is 0 Å². The van der Waals surface area contributed by atoms with E-state index in [1.54, 1.807) is 25.7 Å². The third-order valence-corrected chi connectivity index (χ3v) is 11.4. The molecule has 0 nitrogen and oxygen atoms in total. The topological polar surface area (TPSA) is 0 Å². The van der Waals surface area contributed by atoms with Gasteiger partial charge in [0.05, 0.1) is 0 Å². The zero-order chi connectivity index (χ0) is 19.7. The van der Waals surface area contributed by atoms with Crippen molar-refractivity contribution in [3.05, 3.63) is 0 Å². The van der Waals surface area contributed by atoms with Gasteiger partial charge in [-0.15, -0.1) is 0 Å². The molecule has 1 saturated heterocycles. The van der Waals surface area contributed by atoms with Crippen LogP contribution in [0.4, 0.5) is 0 Å². The molecule has 1 aliphatic heterocycles. The van der Waals surface area contributed by atoms with Gasteiger partial charge in [0.15, 0.2) is 0 Å². The molecule has 0 spiro atoms. The summed E-state index contributed by atoms with van der Waals surface area (Å²) in [6.45, 7) is 10.3. The van der Waals surface area contributed by atoms with Crippen molar-refractivity contribution in [2.75, 3.05) is 0 Å². The molecule has 28 heavy (non-hydrogen) atoms. The Morgan fingerprint density at radius 3 is 2.29 bits per heavy atom. The first kappa shape index (κ1) is 21.6. The summed E-state index contributed by atoms with van der Waals surface area (Å²) in [7, 11) is 0. The van der Waals surface area contributed by atoms with Gasteiger partial charge in [0.2, 0.25) is 0 Å². The van der Waals surface area contributed by atoms with Gasteiger partial charge < -0.3 is 0 Å². The average Bonchev–Trinajstić information content (AvgIpc) is 3.15. The maximum atomic E-state index is 2.63. The van der Waals surface area contributed by atoms with E-state index < -0.39 is 0 Å². The average molecular weight is 405 g/mol. The molecule has 4 rings (SSSR count). The van der Waals surface area contributed by atoms with Crippen LogP contribution >= 0.6 is 11.8 Å². The maximum Gasteiger partial charge on any atom is 0.00780 e. The molecule has 4 fully saturated rings. The van der Waals surface area contributed by atoms with E-state index >= 15 is 0 Å². The molecule has 4 bridgehead atoms. The Labute approximate surface area is 180 Å². The number of thioether (sulfide) groups is 1. The molecule has 8 atom stereocenters. The molecule has 1 heteroatoms. The van der Waals surface area contributed by atoms with Crippen LogP contribution in [0.3, 0.4) is 0 Å². The van der Waals surface area contributed by atoms with Crippen LogP contribution in [-0.2, 0) is 0 Å². The van der Waals surface area contributed by atoms with Crippen molar-refractivity contribution >= 4 is 11.8 Å². The molecule has 0 aromatic heterocycles. The van der Waals surface area contributed by atoms with Crippen molar-refractivity contribution in [1.82, 2.24) is 0 Å². The van der Waals surface area contributed by atoms with E-state index in [0.717, 1.165) is 46.0 Å². The fourth-order valence-corrected chi connectivity index (χ4v) is 9.97. The summed E-state index contributed by atoms with van der Waals surface area (Å²) in [5.74, 6) is 6.26. The van der Waals surface area contributed by atoms with Gasteiger partial charge in [0.25, 0.3) is 0 Å². The van der Waals surface area contributed by atoms with Crippen LogP contribution in [0.5, 0.6) is 0 Å². The second-order valence-corrected chi connectivity index (χ2v) is 13.5.